The number of rotatable bonds is 3. The van der Waals surface area contributed by atoms with E-state index in [9.17, 15) is 0 Å². The third-order valence-corrected chi connectivity index (χ3v) is 5.14. The Morgan fingerprint density at radius 3 is 2.22 bits per heavy atom. The second-order valence-electron chi connectivity index (χ2n) is 6.82. The van der Waals surface area contributed by atoms with Crippen LogP contribution in [0.15, 0.2) is 72.9 Å². The summed E-state index contributed by atoms with van der Waals surface area (Å²) < 4.78 is 0. The first-order chi connectivity index (χ1) is 13.4. The highest BCUT2D eigenvalue weighted by Gasteiger charge is 2.18. The fraction of sp³-hybridized carbons (Fsp3) is 0.182. The number of piperazine rings is 1. The van der Waals surface area contributed by atoms with Gasteiger partial charge in [0.25, 0.3) is 0 Å². The van der Waals surface area contributed by atoms with Crippen LogP contribution in [0.4, 0.5) is 11.5 Å². The summed E-state index contributed by atoms with van der Waals surface area (Å²) in [6.07, 6.45) is 1.91. The normalized spacial score (nSPS) is 14.7. The van der Waals surface area contributed by atoms with Crippen molar-refractivity contribution in [2.75, 3.05) is 36.0 Å². The molecule has 27 heavy (non-hydrogen) atoms. The SMILES string of the molecule is c1ccc(N2CCN(c3ccc(-c4nc5ccccc5[nH]4)cn3)CC2)cc1. The van der Waals surface area contributed by atoms with Crippen molar-refractivity contribution in [2.45, 2.75) is 0 Å². The van der Waals surface area contributed by atoms with Crippen LogP contribution in [-0.2, 0) is 0 Å². The Balaban J connectivity index is 1.29. The largest absolute Gasteiger partial charge is 0.368 e. The van der Waals surface area contributed by atoms with E-state index in [4.69, 9.17) is 4.98 Å². The van der Waals surface area contributed by atoms with Crippen molar-refractivity contribution in [3.8, 4) is 11.4 Å². The molecule has 0 amide bonds. The number of aromatic nitrogens is 3. The number of anilines is 2. The molecule has 1 aliphatic rings. The highest BCUT2D eigenvalue weighted by molar-refractivity contribution is 5.79. The molecule has 1 aliphatic heterocycles. The number of fused-ring (bicyclic) bond motifs is 1. The molecule has 3 heterocycles. The molecule has 134 valence electrons. The van der Waals surface area contributed by atoms with Crippen LogP contribution in [-0.4, -0.2) is 41.1 Å². The summed E-state index contributed by atoms with van der Waals surface area (Å²) >= 11 is 0. The number of nitrogens with one attached hydrogen (secondary N) is 1. The van der Waals surface area contributed by atoms with Gasteiger partial charge in [-0.1, -0.05) is 30.3 Å². The second kappa shape index (κ2) is 6.76. The summed E-state index contributed by atoms with van der Waals surface area (Å²) in [6.45, 7) is 3.98. The Morgan fingerprint density at radius 1 is 0.741 bits per heavy atom. The lowest BCUT2D eigenvalue weighted by Crippen LogP contribution is -2.46. The Bertz CT molecular complexity index is 998. The zero-order chi connectivity index (χ0) is 18.1. The maximum atomic E-state index is 4.69. The van der Waals surface area contributed by atoms with Crippen LogP contribution in [0.2, 0.25) is 0 Å². The van der Waals surface area contributed by atoms with Gasteiger partial charge in [-0.2, -0.15) is 0 Å². The fourth-order valence-corrected chi connectivity index (χ4v) is 3.64. The van der Waals surface area contributed by atoms with E-state index in [-0.39, 0.29) is 0 Å². The number of hydrogen-bond acceptors (Lipinski definition) is 4. The average Bonchev–Trinajstić information content (AvgIpc) is 3.19. The van der Waals surface area contributed by atoms with Crippen molar-refractivity contribution >= 4 is 22.5 Å². The summed E-state index contributed by atoms with van der Waals surface area (Å²) in [7, 11) is 0. The minimum Gasteiger partial charge on any atom is -0.368 e. The Labute approximate surface area is 158 Å². The van der Waals surface area contributed by atoms with Gasteiger partial charge in [0, 0.05) is 43.6 Å². The number of H-pyrrole nitrogens is 1. The number of para-hydroxylation sites is 3. The van der Waals surface area contributed by atoms with Gasteiger partial charge in [0.2, 0.25) is 0 Å². The van der Waals surface area contributed by atoms with E-state index in [1.54, 1.807) is 0 Å². The fourth-order valence-electron chi connectivity index (χ4n) is 3.64. The lowest BCUT2D eigenvalue weighted by Gasteiger charge is -2.36. The van der Waals surface area contributed by atoms with Gasteiger partial charge in [0.1, 0.15) is 11.6 Å². The first-order valence-electron chi connectivity index (χ1n) is 9.33. The summed E-state index contributed by atoms with van der Waals surface area (Å²) in [5.74, 6) is 1.90. The number of imidazole rings is 1. The average molecular weight is 355 g/mol. The van der Waals surface area contributed by atoms with Gasteiger partial charge in [-0.25, -0.2) is 9.97 Å². The van der Waals surface area contributed by atoms with E-state index in [2.05, 4.69) is 62.2 Å². The zero-order valence-electron chi connectivity index (χ0n) is 15.0. The third kappa shape index (κ3) is 3.12. The molecule has 5 heteroatoms. The highest BCUT2D eigenvalue weighted by Crippen LogP contribution is 2.23. The monoisotopic (exact) mass is 355 g/mol. The van der Waals surface area contributed by atoms with Crippen LogP contribution in [0.5, 0.6) is 0 Å². The number of pyridine rings is 1. The van der Waals surface area contributed by atoms with Crippen LogP contribution in [0.1, 0.15) is 0 Å². The van der Waals surface area contributed by atoms with Crippen LogP contribution >= 0.6 is 0 Å². The number of hydrogen-bond donors (Lipinski definition) is 1. The van der Waals surface area contributed by atoms with Crippen LogP contribution in [0.25, 0.3) is 22.4 Å². The predicted molar refractivity (Wildman–Crippen MR) is 110 cm³/mol. The van der Waals surface area contributed by atoms with Gasteiger partial charge in [0.05, 0.1) is 11.0 Å². The van der Waals surface area contributed by atoms with Crippen molar-refractivity contribution in [2.24, 2.45) is 0 Å². The second-order valence-corrected chi connectivity index (χ2v) is 6.82. The first kappa shape index (κ1) is 15.9. The molecule has 0 aliphatic carbocycles. The Hall–Kier alpha value is -3.34. The van der Waals surface area contributed by atoms with E-state index in [0.717, 1.165) is 54.4 Å². The van der Waals surface area contributed by atoms with E-state index in [1.165, 1.54) is 5.69 Å². The molecule has 1 fully saturated rings. The van der Waals surface area contributed by atoms with E-state index in [1.807, 2.05) is 30.5 Å². The first-order valence-corrected chi connectivity index (χ1v) is 9.33. The highest BCUT2D eigenvalue weighted by atomic mass is 15.3. The molecule has 0 spiro atoms. The standard InChI is InChI=1S/C22H21N5/c1-2-6-18(7-3-1)26-12-14-27(15-13-26)21-11-10-17(16-23-21)22-24-19-8-4-5-9-20(19)25-22/h1-11,16H,12-15H2,(H,24,25). The molecule has 4 aromatic rings. The van der Waals surface area contributed by atoms with Gasteiger partial charge < -0.3 is 14.8 Å². The maximum absolute atomic E-state index is 4.69. The van der Waals surface area contributed by atoms with Crippen molar-refractivity contribution in [1.82, 2.24) is 15.0 Å². The van der Waals surface area contributed by atoms with Crippen molar-refractivity contribution < 1.29 is 0 Å². The van der Waals surface area contributed by atoms with Crippen molar-refractivity contribution in [3.05, 3.63) is 72.9 Å². The quantitative estimate of drug-likeness (QED) is 0.604. The predicted octanol–water partition coefficient (Wildman–Crippen LogP) is 3.95. The third-order valence-electron chi connectivity index (χ3n) is 5.14. The van der Waals surface area contributed by atoms with Gasteiger partial charge >= 0.3 is 0 Å². The summed E-state index contributed by atoms with van der Waals surface area (Å²) in [4.78, 5) is 17.5. The smallest absolute Gasteiger partial charge is 0.140 e. The molecule has 0 radical (unpaired) electrons. The minimum atomic E-state index is 0.865. The maximum Gasteiger partial charge on any atom is 0.140 e. The molecule has 2 aromatic carbocycles. The van der Waals surface area contributed by atoms with Crippen LogP contribution in [0.3, 0.4) is 0 Å². The molecule has 5 nitrogen and oxygen atoms in total. The van der Waals surface area contributed by atoms with Crippen LogP contribution in [0, 0.1) is 0 Å². The van der Waals surface area contributed by atoms with Gasteiger partial charge in [0.15, 0.2) is 0 Å². The van der Waals surface area contributed by atoms with E-state index < -0.39 is 0 Å². The van der Waals surface area contributed by atoms with Crippen molar-refractivity contribution in [3.63, 3.8) is 0 Å². The Kier molecular flexibility index (Phi) is 3.98. The van der Waals surface area contributed by atoms with Crippen LogP contribution < -0.4 is 9.80 Å². The minimum absolute atomic E-state index is 0.865. The Morgan fingerprint density at radius 2 is 1.48 bits per heavy atom. The molecule has 0 unspecified atom stereocenters. The van der Waals surface area contributed by atoms with Gasteiger partial charge in [-0.15, -0.1) is 0 Å². The molecule has 0 atom stereocenters. The lowest BCUT2D eigenvalue weighted by atomic mass is 10.2. The van der Waals surface area contributed by atoms with Crippen molar-refractivity contribution in [1.29, 1.82) is 0 Å². The number of nitrogens with zero attached hydrogens (tertiary/aromatic N) is 4. The lowest BCUT2D eigenvalue weighted by molar-refractivity contribution is 0.647. The molecule has 5 rings (SSSR count). The molecular formula is C22H21N5. The molecule has 0 bridgehead atoms. The summed E-state index contributed by atoms with van der Waals surface area (Å²) in [6, 6.07) is 22.9. The summed E-state index contributed by atoms with van der Waals surface area (Å²) in [5, 5.41) is 0. The molecule has 0 saturated carbocycles. The molecule has 1 saturated heterocycles. The molecule has 2 aromatic heterocycles. The summed E-state index contributed by atoms with van der Waals surface area (Å²) in [5.41, 5.74) is 4.34. The van der Waals surface area contributed by atoms with Gasteiger partial charge in [-0.3, -0.25) is 0 Å². The molecule has 1 N–H and O–H groups in total. The van der Waals surface area contributed by atoms with E-state index in [0.29, 0.717) is 0 Å². The number of benzene rings is 2. The number of aromatic amines is 1. The topological polar surface area (TPSA) is 48.0 Å². The van der Waals surface area contributed by atoms with E-state index >= 15 is 0 Å². The molecular weight excluding hydrogens is 334 g/mol. The van der Waals surface area contributed by atoms with Gasteiger partial charge in [-0.05, 0) is 36.4 Å². The zero-order valence-corrected chi connectivity index (χ0v) is 15.0.